The molecule has 2 rings (SSSR count). The first-order chi connectivity index (χ1) is 10.6. The van der Waals surface area contributed by atoms with Crippen molar-refractivity contribution >= 4 is 21.4 Å². The van der Waals surface area contributed by atoms with E-state index in [0.717, 1.165) is 0 Å². The van der Waals surface area contributed by atoms with E-state index in [0.29, 0.717) is 4.88 Å². The second kappa shape index (κ2) is 6.63. The van der Waals surface area contributed by atoms with E-state index in [1.165, 1.54) is 29.7 Å². The fourth-order valence-corrected chi connectivity index (χ4v) is 3.76. The van der Waals surface area contributed by atoms with Gasteiger partial charge in [-0.25, -0.2) is 13.1 Å². The number of halogens is 3. The van der Waals surface area contributed by atoms with Crippen LogP contribution in [-0.2, 0) is 15.6 Å². The molecule has 2 aromatic heterocycles. The molecule has 2 heterocycles. The van der Waals surface area contributed by atoms with Crippen LogP contribution in [0.2, 0.25) is 0 Å². The van der Waals surface area contributed by atoms with Crippen molar-refractivity contribution in [1.29, 1.82) is 0 Å². The van der Waals surface area contributed by atoms with Crippen LogP contribution in [0.3, 0.4) is 0 Å². The van der Waals surface area contributed by atoms with Crippen molar-refractivity contribution in [3.63, 3.8) is 0 Å². The van der Waals surface area contributed by atoms with Crippen molar-refractivity contribution in [3.8, 4) is 0 Å². The van der Waals surface area contributed by atoms with Crippen LogP contribution in [-0.4, -0.2) is 32.0 Å². The number of hydrogen-bond donors (Lipinski definition) is 2. The Labute approximate surface area is 134 Å². The maximum atomic E-state index is 12.2. The molecule has 0 saturated carbocycles. The molecule has 0 fully saturated rings. The number of hydrogen-bond acceptors (Lipinski definition) is 5. The number of nitrogens with one attached hydrogen (secondary N) is 1. The van der Waals surface area contributed by atoms with Crippen LogP contribution in [0.15, 0.2) is 40.3 Å². The van der Waals surface area contributed by atoms with E-state index in [9.17, 15) is 26.7 Å². The van der Waals surface area contributed by atoms with E-state index in [1.807, 2.05) is 4.72 Å². The first kappa shape index (κ1) is 18.0. The Morgan fingerprint density at radius 1 is 1.26 bits per heavy atom. The van der Waals surface area contributed by atoms with Crippen LogP contribution in [0, 0.1) is 0 Å². The SMILES string of the molecule is O=S(=O)(CCC(F)(F)F)NCC(O)(c1ccco1)c1cccs1. The number of rotatable bonds is 7. The normalized spacial score (nSPS) is 15.5. The van der Waals surface area contributed by atoms with Gasteiger partial charge in [0.15, 0.2) is 5.60 Å². The molecule has 1 unspecified atom stereocenters. The molecule has 2 aromatic rings. The molecule has 2 N–H and O–H groups in total. The third-order valence-corrected chi connectivity index (χ3v) is 5.41. The van der Waals surface area contributed by atoms with E-state index < -0.39 is 40.5 Å². The minimum Gasteiger partial charge on any atom is -0.466 e. The summed E-state index contributed by atoms with van der Waals surface area (Å²) in [5, 5.41) is 12.5. The Balaban J connectivity index is 2.14. The maximum absolute atomic E-state index is 12.2. The van der Waals surface area contributed by atoms with Crippen LogP contribution >= 0.6 is 11.3 Å². The molecule has 1 atom stereocenters. The van der Waals surface area contributed by atoms with Gasteiger partial charge in [0.1, 0.15) is 5.76 Å². The van der Waals surface area contributed by atoms with E-state index in [-0.39, 0.29) is 5.76 Å². The first-order valence-corrected chi connectivity index (χ1v) is 9.00. The molecule has 10 heteroatoms. The van der Waals surface area contributed by atoms with Crippen LogP contribution in [0.4, 0.5) is 13.2 Å². The molecule has 0 aliphatic rings. The standard InChI is InChI=1S/C13H14F3NO4S2/c14-13(15,16)5-8-23(19,20)17-9-12(18,10-3-1-6-21-10)11-4-2-7-22-11/h1-4,6-7,17-18H,5,8-9H2. The highest BCUT2D eigenvalue weighted by Gasteiger charge is 2.37. The highest BCUT2D eigenvalue weighted by molar-refractivity contribution is 7.89. The summed E-state index contributed by atoms with van der Waals surface area (Å²) < 4.78 is 67.0. The fraction of sp³-hybridized carbons (Fsp3) is 0.385. The zero-order valence-corrected chi connectivity index (χ0v) is 13.3. The van der Waals surface area contributed by atoms with Crippen molar-refractivity contribution in [1.82, 2.24) is 4.72 Å². The number of sulfonamides is 1. The van der Waals surface area contributed by atoms with Gasteiger partial charge in [-0.2, -0.15) is 13.2 Å². The predicted octanol–water partition coefficient (Wildman–Crippen LogP) is 2.45. The van der Waals surface area contributed by atoms with E-state index >= 15 is 0 Å². The Kier molecular flexibility index (Phi) is 5.19. The van der Waals surface area contributed by atoms with Crippen LogP contribution in [0.25, 0.3) is 0 Å². The zero-order chi connectivity index (χ0) is 17.1. The first-order valence-electron chi connectivity index (χ1n) is 6.47. The average Bonchev–Trinajstić information content (AvgIpc) is 3.14. The summed E-state index contributed by atoms with van der Waals surface area (Å²) in [7, 11) is -4.20. The van der Waals surface area contributed by atoms with Crippen molar-refractivity contribution in [2.45, 2.75) is 18.2 Å². The van der Waals surface area contributed by atoms with Gasteiger partial charge in [0.2, 0.25) is 10.0 Å². The summed E-state index contributed by atoms with van der Waals surface area (Å²) >= 11 is 1.17. The third kappa shape index (κ3) is 4.80. The van der Waals surface area contributed by atoms with Gasteiger partial charge in [-0.15, -0.1) is 11.3 Å². The molecule has 5 nitrogen and oxygen atoms in total. The lowest BCUT2D eigenvalue weighted by atomic mass is 9.99. The minimum atomic E-state index is -4.57. The van der Waals surface area contributed by atoms with Crippen molar-refractivity contribution in [2.24, 2.45) is 0 Å². The van der Waals surface area contributed by atoms with Gasteiger partial charge in [-0.1, -0.05) is 6.07 Å². The molecule has 0 spiro atoms. The topological polar surface area (TPSA) is 79.5 Å². The summed E-state index contributed by atoms with van der Waals surface area (Å²) in [5.41, 5.74) is -1.79. The van der Waals surface area contributed by atoms with Crippen LogP contribution < -0.4 is 4.72 Å². The summed E-state index contributed by atoms with van der Waals surface area (Å²) in [6.07, 6.45) is -4.72. The highest BCUT2D eigenvalue weighted by Crippen LogP contribution is 2.32. The molecule has 0 aliphatic heterocycles. The van der Waals surface area contributed by atoms with Gasteiger partial charge < -0.3 is 9.52 Å². The molecule has 0 radical (unpaired) electrons. The third-order valence-electron chi connectivity index (χ3n) is 3.06. The minimum absolute atomic E-state index is 0.0958. The monoisotopic (exact) mass is 369 g/mol. The Bertz CT molecular complexity index is 675. The quantitative estimate of drug-likeness (QED) is 0.786. The Morgan fingerprint density at radius 2 is 2.00 bits per heavy atom. The summed E-state index contributed by atoms with van der Waals surface area (Å²) in [6, 6.07) is 6.22. The summed E-state index contributed by atoms with van der Waals surface area (Å²) in [6.45, 7) is -0.527. The summed E-state index contributed by atoms with van der Waals surface area (Å²) in [5.74, 6) is -1.01. The molecule has 0 bridgehead atoms. The van der Waals surface area contributed by atoms with Crippen LogP contribution in [0.1, 0.15) is 17.1 Å². The molecule has 23 heavy (non-hydrogen) atoms. The van der Waals surface area contributed by atoms with Gasteiger partial charge in [0.05, 0.1) is 25.0 Å². The number of alkyl halides is 3. The Morgan fingerprint density at radius 3 is 2.52 bits per heavy atom. The molecule has 0 amide bonds. The molecule has 0 aliphatic carbocycles. The molecule has 0 aromatic carbocycles. The molecule has 0 saturated heterocycles. The molecule has 128 valence electrons. The lowest BCUT2D eigenvalue weighted by molar-refractivity contribution is -0.130. The second-order valence-corrected chi connectivity index (χ2v) is 7.69. The Hall–Kier alpha value is -1.36. The number of thiophene rings is 1. The lowest BCUT2D eigenvalue weighted by Gasteiger charge is -2.25. The molecular formula is C13H14F3NO4S2. The summed E-state index contributed by atoms with van der Waals surface area (Å²) in [4.78, 5) is 0.408. The van der Waals surface area contributed by atoms with Gasteiger partial charge in [0.25, 0.3) is 0 Å². The number of aliphatic hydroxyl groups is 1. The van der Waals surface area contributed by atoms with Gasteiger partial charge >= 0.3 is 6.18 Å². The van der Waals surface area contributed by atoms with Gasteiger partial charge in [-0.3, -0.25) is 0 Å². The lowest BCUT2D eigenvalue weighted by Crippen LogP contribution is -2.42. The van der Waals surface area contributed by atoms with E-state index in [2.05, 4.69) is 0 Å². The highest BCUT2D eigenvalue weighted by atomic mass is 32.2. The molecular weight excluding hydrogens is 355 g/mol. The fourth-order valence-electron chi connectivity index (χ4n) is 1.86. The van der Waals surface area contributed by atoms with Crippen LogP contribution in [0.5, 0.6) is 0 Å². The smallest absolute Gasteiger partial charge is 0.390 e. The van der Waals surface area contributed by atoms with Gasteiger partial charge in [-0.05, 0) is 23.6 Å². The number of furan rings is 1. The predicted molar refractivity (Wildman–Crippen MR) is 78.5 cm³/mol. The average molecular weight is 369 g/mol. The van der Waals surface area contributed by atoms with Gasteiger partial charge in [0, 0.05) is 4.88 Å². The van der Waals surface area contributed by atoms with Crippen molar-refractivity contribution < 1.29 is 31.1 Å². The van der Waals surface area contributed by atoms with E-state index in [4.69, 9.17) is 4.42 Å². The van der Waals surface area contributed by atoms with Crippen molar-refractivity contribution in [3.05, 3.63) is 46.5 Å². The van der Waals surface area contributed by atoms with E-state index in [1.54, 1.807) is 17.5 Å². The maximum Gasteiger partial charge on any atom is 0.390 e. The largest absolute Gasteiger partial charge is 0.466 e. The second-order valence-electron chi connectivity index (χ2n) is 4.82. The van der Waals surface area contributed by atoms with Crippen molar-refractivity contribution in [2.75, 3.05) is 12.3 Å². The zero-order valence-electron chi connectivity index (χ0n) is 11.7.